The molecule has 3 rings (SSSR count). The Labute approximate surface area is 149 Å². The maximum absolute atomic E-state index is 12.4. The number of hydrogen-bond donors (Lipinski definition) is 0. The van der Waals surface area contributed by atoms with E-state index in [-0.39, 0.29) is 35.7 Å². The molecular weight excluding hydrogens is 287 g/mol. The van der Waals surface area contributed by atoms with Gasteiger partial charge in [0.2, 0.25) is 5.91 Å². The van der Waals surface area contributed by atoms with Crippen molar-refractivity contribution >= 4 is 16.8 Å². The zero-order chi connectivity index (χ0) is 14.1. The molecule has 1 amide bonds. The predicted molar refractivity (Wildman–Crippen MR) is 87.2 cm³/mol. The van der Waals surface area contributed by atoms with E-state index < -0.39 is 0 Å². The molecule has 1 aromatic heterocycles. The van der Waals surface area contributed by atoms with E-state index in [9.17, 15) is 4.79 Å². The Balaban J connectivity index is 0.00000161. The van der Waals surface area contributed by atoms with Gasteiger partial charge in [-0.2, -0.15) is 0 Å². The number of benzene rings is 1. The van der Waals surface area contributed by atoms with Gasteiger partial charge in [0.1, 0.15) is 0 Å². The fourth-order valence-electron chi connectivity index (χ4n) is 3.21. The first-order valence-electron chi connectivity index (χ1n) is 7.45. The van der Waals surface area contributed by atoms with Crippen molar-refractivity contribution in [1.82, 2.24) is 9.47 Å². The zero-order valence-corrected chi connectivity index (χ0v) is 14.2. The molecule has 0 saturated heterocycles. The van der Waals surface area contributed by atoms with Gasteiger partial charge in [-0.25, -0.2) is 0 Å². The number of aryl methyl sites for hydroxylation is 1. The molecule has 0 bridgehead atoms. The van der Waals surface area contributed by atoms with Crippen LogP contribution in [0, 0.1) is 0 Å². The molecule has 23 heavy (non-hydrogen) atoms. The summed E-state index contributed by atoms with van der Waals surface area (Å²) >= 11 is 0. The number of likely N-dealkylation sites (N-methyl/N-ethyl adjacent to an activating group) is 1. The van der Waals surface area contributed by atoms with Crippen LogP contribution in [-0.4, -0.2) is 39.4 Å². The normalized spacial score (nSPS) is 13.8. The minimum absolute atomic E-state index is 0. The van der Waals surface area contributed by atoms with Gasteiger partial charge in [0.05, 0.1) is 6.42 Å². The maximum Gasteiger partial charge on any atom is 1.00 e. The third kappa shape index (κ3) is 4.62. The summed E-state index contributed by atoms with van der Waals surface area (Å²) in [5.41, 5.74) is 2.30. The third-order valence-corrected chi connectivity index (χ3v) is 4.57. The molecule has 1 fully saturated rings. The molecule has 0 unspecified atom stereocenters. The van der Waals surface area contributed by atoms with Crippen molar-refractivity contribution in [3.05, 3.63) is 36.0 Å². The molecule has 1 aromatic carbocycles. The van der Waals surface area contributed by atoms with Gasteiger partial charge in [0, 0.05) is 31.9 Å². The van der Waals surface area contributed by atoms with E-state index >= 15 is 0 Å². The van der Waals surface area contributed by atoms with E-state index in [1.165, 1.54) is 36.6 Å². The largest absolute Gasteiger partial charge is 1.00 e. The number of hydrogen-bond acceptors (Lipinski definition) is 2. The van der Waals surface area contributed by atoms with Gasteiger partial charge in [0.25, 0.3) is 0 Å². The molecule has 0 spiro atoms. The zero-order valence-electron chi connectivity index (χ0n) is 14.2. The SMILES string of the molecule is CN(C(=O)Cc1ccc2ccn(C)c2c1)C1CCCC1.O.[Li+].[OH-]. The van der Waals surface area contributed by atoms with Crippen molar-refractivity contribution in [3.63, 3.8) is 0 Å². The summed E-state index contributed by atoms with van der Waals surface area (Å²) in [5, 5.41) is 1.23. The maximum atomic E-state index is 12.4. The number of nitrogens with zero attached hydrogens (tertiary/aromatic N) is 2. The molecule has 5 nitrogen and oxygen atoms in total. The van der Waals surface area contributed by atoms with E-state index in [0.29, 0.717) is 12.5 Å². The first-order valence-corrected chi connectivity index (χ1v) is 7.45. The second-order valence-electron chi connectivity index (χ2n) is 5.94. The molecule has 0 radical (unpaired) electrons. The van der Waals surface area contributed by atoms with Crippen LogP contribution in [0.5, 0.6) is 0 Å². The topological polar surface area (TPSA) is 86.7 Å². The predicted octanol–water partition coefficient (Wildman–Crippen LogP) is -0.876. The van der Waals surface area contributed by atoms with Crippen molar-refractivity contribution < 1.29 is 34.6 Å². The van der Waals surface area contributed by atoms with Crippen LogP contribution in [0.1, 0.15) is 31.2 Å². The summed E-state index contributed by atoms with van der Waals surface area (Å²) in [4.78, 5) is 14.3. The van der Waals surface area contributed by atoms with Crippen molar-refractivity contribution in [2.75, 3.05) is 7.05 Å². The Morgan fingerprint density at radius 3 is 2.57 bits per heavy atom. The number of carbonyl (C=O) groups is 1. The smallest absolute Gasteiger partial charge is 0.870 e. The number of carbonyl (C=O) groups excluding carboxylic acids is 1. The summed E-state index contributed by atoms with van der Waals surface area (Å²) in [6, 6.07) is 8.87. The molecule has 0 aliphatic heterocycles. The molecule has 3 N–H and O–H groups in total. The Bertz CT molecular complexity index is 636. The number of amides is 1. The van der Waals surface area contributed by atoms with Gasteiger partial charge in [-0.15, -0.1) is 0 Å². The van der Waals surface area contributed by atoms with Crippen LogP contribution < -0.4 is 18.9 Å². The third-order valence-electron chi connectivity index (χ3n) is 4.57. The van der Waals surface area contributed by atoms with Crippen LogP contribution in [0.25, 0.3) is 10.9 Å². The summed E-state index contributed by atoms with van der Waals surface area (Å²) in [5.74, 6) is 0.241. The monoisotopic (exact) mass is 312 g/mol. The van der Waals surface area contributed by atoms with E-state index in [4.69, 9.17) is 0 Å². The first kappa shape index (κ1) is 21.7. The molecular formula is C17H25LiN2O3. The van der Waals surface area contributed by atoms with Crippen molar-refractivity contribution in [3.8, 4) is 0 Å². The number of aromatic nitrogens is 1. The van der Waals surface area contributed by atoms with Gasteiger partial charge >= 0.3 is 18.9 Å². The molecule has 2 aromatic rings. The van der Waals surface area contributed by atoms with Gasteiger partial charge in [-0.3, -0.25) is 4.79 Å². The molecule has 1 heterocycles. The summed E-state index contributed by atoms with van der Waals surface area (Å²) in [6.45, 7) is 0. The standard InChI is InChI=1S/C17H22N2O.Li.2H2O/c1-18-10-9-14-8-7-13(11-16(14)18)12-17(20)19(2)15-5-3-4-6-15;;;/h7-11,15H,3-6,12H2,1-2H3;;2*1H2/q;+1;;/p-1. The fourth-order valence-corrected chi connectivity index (χ4v) is 3.21. The molecule has 0 atom stereocenters. The molecule has 1 aliphatic carbocycles. The minimum atomic E-state index is 0. The van der Waals surface area contributed by atoms with E-state index in [0.717, 1.165) is 5.56 Å². The Hall–Kier alpha value is -1.25. The summed E-state index contributed by atoms with van der Waals surface area (Å²) < 4.78 is 2.10. The van der Waals surface area contributed by atoms with Crippen LogP contribution >= 0.6 is 0 Å². The average molecular weight is 312 g/mol. The van der Waals surface area contributed by atoms with Gasteiger partial charge in [-0.05, 0) is 35.9 Å². The summed E-state index contributed by atoms with van der Waals surface area (Å²) in [7, 11) is 4.00. The van der Waals surface area contributed by atoms with E-state index in [2.05, 4.69) is 35.0 Å². The second kappa shape index (κ2) is 9.14. The van der Waals surface area contributed by atoms with Crippen LogP contribution in [0.4, 0.5) is 0 Å². The Morgan fingerprint density at radius 1 is 1.26 bits per heavy atom. The molecule has 1 aliphatic rings. The van der Waals surface area contributed by atoms with E-state index in [1.54, 1.807) is 0 Å². The van der Waals surface area contributed by atoms with E-state index in [1.807, 2.05) is 19.0 Å². The van der Waals surface area contributed by atoms with Gasteiger partial charge in [-0.1, -0.05) is 25.0 Å². The molecule has 1 saturated carbocycles. The average Bonchev–Trinajstić information content (AvgIpc) is 3.09. The molecule has 122 valence electrons. The molecule has 6 heteroatoms. The van der Waals surface area contributed by atoms with Crippen molar-refractivity contribution in [2.24, 2.45) is 7.05 Å². The second-order valence-corrected chi connectivity index (χ2v) is 5.94. The van der Waals surface area contributed by atoms with Gasteiger partial charge in [0.15, 0.2) is 0 Å². The van der Waals surface area contributed by atoms with Crippen LogP contribution in [0.2, 0.25) is 0 Å². The Kier molecular flexibility index (Phi) is 8.65. The quantitative estimate of drug-likeness (QED) is 0.690. The fraction of sp³-hybridized carbons (Fsp3) is 0.471. The van der Waals surface area contributed by atoms with Crippen LogP contribution in [0.15, 0.2) is 30.5 Å². The summed E-state index contributed by atoms with van der Waals surface area (Å²) in [6.07, 6.45) is 7.42. The minimum Gasteiger partial charge on any atom is -0.870 e. The number of rotatable bonds is 3. The van der Waals surface area contributed by atoms with Crippen LogP contribution in [-0.2, 0) is 18.3 Å². The first-order chi connectivity index (χ1) is 9.65. The van der Waals surface area contributed by atoms with Crippen molar-refractivity contribution in [2.45, 2.75) is 38.1 Å². The van der Waals surface area contributed by atoms with Crippen LogP contribution in [0.3, 0.4) is 0 Å². The van der Waals surface area contributed by atoms with Gasteiger partial charge < -0.3 is 20.4 Å². The van der Waals surface area contributed by atoms with Crippen molar-refractivity contribution in [1.29, 1.82) is 0 Å². The Morgan fingerprint density at radius 2 is 1.91 bits per heavy atom. The number of fused-ring (bicyclic) bond motifs is 1.